The van der Waals surface area contributed by atoms with E-state index in [0.717, 1.165) is 0 Å². The van der Waals surface area contributed by atoms with E-state index in [0.29, 0.717) is 17.1 Å². The van der Waals surface area contributed by atoms with E-state index in [2.05, 4.69) is 15.3 Å². The number of ether oxygens (including phenoxy) is 1. The van der Waals surface area contributed by atoms with Gasteiger partial charge in [-0.2, -0.15) is 0 Å². The van der Waals surface area contributed by atoms with Crippen LogP contribution in [-0.2, 0) is 11.3 Å². The lowest BCUT2D eigenvalue weighted by Gasteiger charge is -2.15. The molecule has 1 N–H and O–H groups in total. The molecule has 0 radical (unpaired) electrons. The minimum absolute atomic E-state index is 0.0286. The molecular weight excluding hydrogens is 325 g/mol. The van der Waals surface area contributed by atoms with Crippen molar-refractivity contribution in [3.05, 3.63) is 66.6 Å². The van der Waals surface area contributed by atoms with Crippen LogP contribution < -0.4 is 10.1 Å². The SMILES string of the molecule is C[C@H](Oc1ccccc1F)C(=O)NCc1nccnc1-c1ccco1. The zero-order chi connectivity index (χ0) is 17.6. The first-order valence-corrected chi connectivity index (χ1v) is 7.68. The number of para-hydroxylation sites is 1. The Kier molecular flexibility index (Phi) is 5.03. The Morgan fingerprint density at radius 3 is 2.80 bits per heavy atom. The monoisotopic (exact) mass is 341 g/mol. The normalized spacial score (nSPS) is 11.8. The molecule has 1 amide bonds. The average Bonchev–Trinajstić information content (AvgIpc) is 3.16. The maximum Gasteiger partial charge on any atom is 0.261 e. The van der Waals surface area contributed by atoms with Crippen molar-refractivity contribution in [1.29, 1.82) is 0 Å². The number of benzene rings is 1. The fourth-order valence-corrected chi connectivity index (χ4v) is 2.21. The van der Waals surface area contributed by atoms with Crippen LogP contribution in [0.3, 0.4) is 0 Å². The number of halogens is 1. The molecule has 25 heavy (non-hydrogen) atoms. The van der Waals surface area contributed by atoms with Crippen molar-refractivity contribution in [2.45, 2.75) is 19.6 Å². The average molecular weight is 341 g/mol. The predicted molar refractivity (Wildman–Crippen MR) is 88.1 cm³/mol. The third-order valence-electron chi connectivity index (χ3n) is 3.47. The molecule has 2 heterocycles. The number of nitrogens with one attached hydrogen (secondary N) is 1. The zero-order valence-electron chi connectivity index (χ0n) is 13.5. The van der Waals surface area contributed by atoms with E-state index in [1.807, 2.05) is 0 Å². The van der Waals surface area contributed by atoms with Gasteiger partial charge in [-0.05, 0) is 31.2 Å². The van der Waals surface area contributed by atoms with Gasteiger partial charge in [0.2, 0.25) is 0 Å². The fourth-order valence-electron chi connectivity index (χ4n) is 2.21. The fraction of sp³-hybridized carbons (Fsp3) is 0.167. The van der Waals surface area contributed by atoms with E-state index in [1.54, 1.807) is 37.4 Å². The van der Waals surface area contributed by atoms with Crippen LogP contribution in [0.15, 0.2) is 59.5 Å². The Bertz CT molecular complexity index is 852. The minimum Gasteiger partial charge on any atom is -0.478 e. The third kappa shape index (κ3) is 4.00. The smallest absolute Gasteiger partial charge is 0.261 e. The number of hydrogen-bond acceptors (Lipinski definition) is 5. The van der Waals surface area contributed by atoms with Crippen molar-refractivity contribution in [2.75, 3.05) is 0 Å². The predicted octanol–water partition coefficient (Wildman–Crippen LogP) is 2.96. The minimum atomic E-state index is -0.861. The summed E-state index contributed by atoms with van der Waals surface area (Å²) in [5.74, 6) is -0.315. The second kappa shape index (κ2) is 7.57. The van der Waals surface area contributed by atoms with E-state index in [1.165, 1.54) is 24.6 Å². The molecule has 2 aromatic heterocycles. The first-order chi connectivity index (χ1) is 12.1. The van der Waals surface area contributed by atoms with E-state index >= 15 is 0 Å². The number of hydrogen-bond donors (Lipinski definition) is 1. The number of carbonyl (C=O) groups is 1. The number of aromatic nitrogens is 2. The summed E-state index contributed by atoms with van der Waals surface area (Å²) >= 11 is 0. The molecule has 0 bridgehead atoms. The summed E-state index contributed by atoms with van der Waals surface area (Å²) < 4.78 is 24.3. The molecule has 0 saturated heterocycles. The molecule has 3 rings (SSSR count). The van der Waals surface area contributed by atoms with Gasteiger partial charge in [-0.15, -0.1) is 0 Å². The first kappa shape index (κ1) is 16.6. The van der Waals surface area contributed by atoms with Crippen LogP contribution in [0.2, 0.25) is 0 Å². The lowest BCUT2D eigenvalue weighted by atomic mass is 10.2. The van der Waals surface area contributed by atoms with E-state index in [4.69, 9.17) is 9.15 Å². The molecule has 1 atom stereocenters. The summed E-state index contributed by atoms with van der Waals surface area (Å²) in [5.41, 5.74) is 1.11. The Morgan fingerprint density at radius 1 is 1.24 bits per heavy atom. The van der Waals surface area contributed by atoms with Gasteiger partial charge in [0, 0.05) is 12.4 Å². The van der Waals surface area contributed by atoms with Gasteiger partial charge < -0.3 is 14.5 Å². The number of amides is 1. The quantitative estimate of drug-likeness (QED) is 0.746. The van der Waals surface area contributed by atoms with Crippen molar-refractivity contribution in [3.8, 4) is 17.2 Å². The lowest BCUT2D eigenvalue weighted by Crippen LogP contribution is -2.36. The molecule has 6 nitrogen and oxygen atoms in total. The summed E-state index contributed by atoms with van der Waals surface area (Å²) in [6, 6.07) is 9.44. The molecule has 0 spiro atoms. The van der Waals surface area contributed by atoms with Gasteiger partial charge in [0.1, 0.15) is 5.69 Å². The maximum atomic E-state index is 13.6. The van der Waals surface area contributed by atoms with Gasteiger partial charge in [0.25, 0.3) is 5.91 Å². The molecule has 3 aromatic rings. The highest BCUT2D eigenvalue weighted by Gasteiger charge is 2.18. The molecule has 0 aliphatic carbocycles. The van der Waals surface area contributed by atoms with Crippen LogP contribution in [0.1, 0.15) is 12.6 Å². The van der Waals surface area contributed by atoms with Crippen LogP contribution in [0.25, 0.3) is 11.5 Å². The highest BCUT2D eigenvalue weighted by molar-refractivity contribution is 5.80. The second-order valence-electron chi connectivity index (χ2n) is 5.24. The van der Waals surface area contributed by atoms with Crippen molar-refractivity contribution in [2.24, 2.45) is 0 Å². The number of nitrogens with zero attached hydrogens (tertiary/aromatic N) is 2. The summed E-state index contributed by atoms with van der Waals surface area (Å²) in [5, 5.41) is 2.71. The van der Waals surface area contributed by atoms with Gasteiger partial charge in [-0.3, -0.25) is 9.78 Å². The van der Waals surface area contributed by atoms with Crippen molar-refractivity contribution in [1.82, 2.24) is 15.3 Å². The summed E-state index contributed by atoms with van der Waals surface area (Å²) in [6.45, 7) is 1.69. The molecular formula is C18H16FN3O3. The number of furan rings is 1. The Morgan fingerprint density at radius 2 is 2.04 bits per heavy atom. The molecule has 0 unspecified atom stereocenters. The molecule has 1 aromatic carbocycles. The summed E-state index contributed by atoms with van der Waals surface area (Å²) in [4.78, 5) is 20.7. The lowest BCUT2D eigenvalue weighted by molar-refractivity contribution is -0.127. The van der Waals surface area contributed by atoms with E-state index < -0.39 is 11.9 Å². The van der Waals surface area contributed by atoms with Gasteiger partial charge in [0.05, 0.1) is 18.5 Å². The molecule has 0 aliphatic rings. The van der Waals surface area contributed by atoms with E-state index in [9.17, 15) is 9.18 Å². The Balaban J connectivity index is 1.64. The number of carbonyl (C=O) groups excluding carboxylic acids is 1. The zero-order valence-corrected chi connectivity index (χ0v) is 13.5. The second-order valence-corrected chi connectivity index (χ2v) is 5.24. The molecule has 128 valence electrons. The van der Waals surface area contributed by atoms with Gasteiger partial charge >= 0.3 is 0 Å². The van der Waals surface area contributed by atoms with Crippen molar-refractivity contribution < 1.29 is 18.3 Å². The first-order valence-electron chi connectivity index (χ1n) is 7.68. The highest BCUT2D eigenvalue weighted by atomic mass is 19.1. The maximum absolute atomic E-state index is 13.6. The van der Waals surface area contributed by atoms with Crippen LogP contribution in [-0.4, -0.2) is 22.0 Å². The Labute approximate surface area is 143 Å². The molecule has 0 fully saturated rings. The highest BCUT2D eigenvalue weighted by Crippen LogP contribution is 2.20. The van der Waals surface area contributed by atoms with Crippen molar-refractivity contribution >= 4 is 5.91 Å². The molecule has 7 heteroatoms. The van der Waals surface area contributed by atoms with Crippen LogP contribution in [0, 0.1) is 5.82 Å². The van der Waals surface area contributed by atoms with Crippen LogP contribution in [0.5, 0.6) is 5.75 Å². The molecule has 0 saturated carbocycles. The van der Waals surface area contributed by atoms with Crippen LogP contribution >= 0.6 is 0 Å². The summed E-state index contributed by atoms with van der Waals surface area (Å²) in [7, 11) is 0. The topological polar surface area (TPSA) is 77.2 Å². The molecule has 0 aliphatic heterocycles. The Hall–Kier alpha value is -3.22. The largest absolute Gasteiger partial charge is 0.478 e. The van der Waals surface area contributed by atoms with Gasteiger partial charge in [-0.1, -0.05) is 12.1 Å². The van der Waals surface area contributed by atoms with Gasteiger partial charge in [0.15, 0.2) is 23.4 Å². The standard InChI is InChI=1S/C18H16FN3O3/c1-12(25-15-6-3-2-5-13(15)19)18(23)22-11-14-17(21-9-8-20-14)16-7-4-10-24-16/h2-10,12H,11H2,1H3,(H,22,23)/t12-/m0/s1. The van der Waals surface area contributed by atoms with Crippen molar-refractivity contribution in [3.63, 3.8) is 0 Å². The summed E-state index contributed by atoms with van der Waals surface area (Å²) in [6.07, 6.45) is 3.76. The third-order valence-corrected chi connectivity index (χ3v) is 3.47. The van der Waals surface area contributed by atoms with Crippen LogP contribution in [0.4, 0.5) is 4.39 Å². The van der Waals surface area contributed by atoms with E-state index in [-0.39, 0.29) is 18.2 Å². The van der Waals surface area contributed by atoms with Gasteiger partial charge in [-0.25, -0.2) is 9.37 Å². The number of rotatable bonds is 6.